The Labute approximate surface area is 122 Å². The number of hydrogen-bond donors (Lipinski definition) is 3. The largest absolute Gasteiger partial charge is 0.351 e. The molecular formula is C14H18N4OS. The number of amides is 2. The standard InChI is InChI=1S/C14H18N4OS/c1-9-7-17-13(20-9)8-16-10(2)11-3-5-12(6-4-11)18-14(15)19/h3-7,10,16H,8H2,1-2H3,(H3,15,18,19). The van der Waals surface area contributed by atoms with Gasteiger partial charge in [0.25, 0.3) is 0 Å². The fourth-order valence-electron chi connectivity index (χ4n) is 1.84. The minimum atomic E-state index is -0.553. The average Bonchev–Trinajstić information content (AvgIpc) is 2.82. The maximum Gasteiger partial charge on any atom is 0.316 e. The Balaban J connectivity index is 1.91. The van der Waals surface area contributed by atoms with Gasteiger partial charge in [-0.3, -0.25) is 0 Å². The van der Waals surface area contributed by atoms with E-state index in [9.17, 15) is 4.79 Å². The lowest BCUT2D eigenvalue weighted by Crippen LogP contribution is -2.20. The van der Waals surface area contributed by atoms with Gasteiger partial charge in [-0.05, 0) is 31.5 Å². The second kappa shape index (κ2) is 6.49. The molecule has 1 aromatic carbocycles. The minimum absolute atomic E-state index is 0.210. The van der Waals surface area contributed by atoms with Gasteiger partial charge >= 0.3 is 6.03 Å². The quantitative estimate of drug-likeness (QED) is 0.792. The molecule has 2 aromatic rings. The smallest absolute Gasteiger partial charge is 0.316 e. The van der Waals surface area contributed by atoms with Crippen LogP contribution < -0.4 is 16.4 Å². The number of primary amides is 1. The van der Waals surface area contributed by atoms with Crippen LogP contribution in [0.2, 0.25) is 0 Å². The molecule has 0 aliphatic carbocycles. The van der Waals surface area contributed by atoms with Crippen molar-refractivity contribution in [3.8, 4) is 0 Å². The number of aryl methyl sites for hydroxylation is 1. The third-order valence-corrected chi connectivity index (χ3v) is 3.82. The van der Waals surface area contributed by atoms with E-state index in [-0.39, 0.29) is 6.04 Å². The SMILES string of the molecule is Cc1cnc(CNC(C)c2ccc(NC(N)=O)cc2)s1. The van der Waals surface area contributed by atoms with Crippen molar-refractivity contribution in [1.82, 2.24) is 10.3 Å². The van der Waals surface area contributed by atoms with Gasteiger partial charge in [-0.15, -0.1) is 11.3 Å². The van der Waals surface area contributed by atoms with Crippen molar-refractivity contribution in [2.75, 3.05) is 5.32 Å². The molecular weight excluding hydrogens is 272 g/mol. The first kappa shape index (κ1) is 14.5. The number of urea groups is 1. The second-order valence-electron chi connectivity index (χ2n) is 4.58. The lowest BCUT2D eigenvalue weighted by atomic mass is 10.1. The second-order valence-corrected chi connectivity index (χ2v) is 5.90. The molecule has 0 bridgehead atoms. The number of rotatable bonds is 5. The van der Waals surface area contributed by atoms with Gasteiger partial charge in [-0.25, -0.2) is 9.78 Å². The Morgan fingerprint density at radius 2 is 2.10 bits per heavy atom. The lowest BCUT2D eigenvalue weighted by Gasteiger charge is -2.14. The van der Waals surface area contributed by atoms with Crippen molar-refractivity contribution in [3.63, 3.8) is 0 Å². The summed E-state index contributed by atoms with van der Waals surface area (Å²) in [6.45, 7) is 4.90. The molecule has 0 saturated carbocycles. The van der Waals surface area contributed by atoms with E-state index in [4.69, 9.17) is 5.73 Å². The highest BCUT2D eigenvalue weighted by atomic mass is 32.1. The number of carbonyl (C=O) groups excluding carboxylic acids is 1. The Hall–Kier alpha value is -1.92. The average molecular weight is 290 g/mol. The fourth-order valence-corrected chi connectivity index (χ4v) is 2.58. The third kappa shape index (κ3) is 4.04. The van der Waals surface area contributed by atoms with Crippen LogP contribution in [0.3, 0.4) is 0 Å². The summed E-state index contributed by atoms with van der Waals surface area (Å²) in [5, 5.41) is 7.05. The Morgan fingerprint density at radius 1 is 1.40 bits per heavy atom. The van der Waals surface area contributed by atoms with E-state index in [0.717, 1.165) is 17.1 Å². The van der Waals surface area contributed by atoms with Gasteiger partial charge in [0.05, 0.1) is 0 Å². The monoisotopic (exact) mass is 290 g/mol. The molecule has 106 valence electrons. The summed E-state index contributed by atoms with van der Waals surface area (Å²) < 4.78 is 0. The number of anilines is 1. The molecule has 6 heteroatoms. The highest BCUT2D eigenvalue weighted by Crippen LogP contribution is 2.17. The first-order valence-electron chi connectivity index (χ1n) is 6.35. The number of thiazole rings is 1. The molecule has 0 spiro atoms. The van der Waals surface area contributed by atoms with Crippen LogP contribution in [0.15, 0.2) is 30.5 Å². The third-order valence-electron chi connectivity index (χ3n) is 2.91. The molecule has 20 heavy (non-hydrogen) atoms. The predicted molar refractivity (Wildman–Crippen MR) is 81.8 cm³/mol. The zero-order valence-electron chi connectivity index (χ0n) is 11.5. The van der Waals surface area contributed by atoms with Gasteiger partial charge in [0.1, 0.15) is 5.01 Å². The van der Waals surface area contributed by atoms with Crippen LogP contribution >= 0.6 is 11.3 Å². The summed E-state index contributed by atoms with van der Waals surface area (Å²) in [5.41, 5.74) is 6.91. The molecule has 1 heterocycles. The van der Waals surface area contributed by atoms with Gasteiger partial charge < -0.3 is 16.4 Å². The summed E-state index contributed by atoms with van der Waals surface area (Å²) in [6, 6.07) is 7.27. The summed E-state index contributed by atoms with van der Waals surface area (Å²) in [5.74, 6) is 0. The molecule has 1 unspecified atom stereocenters. The molecule has 0 radical (unpaired) electrons. The van der Waals surface area contributed by atoms with Crippen LogP contribution in [-0.2, 0) is 6.54 Å². The van der Waals surface area contributed by atoms with Crippen LogP contribution in [-0.4, -0.2) is 11.0 Å². The maximum atomic E-state index is 10.7. The molecule has 5 nitrogen and oxygen atoms in total. The molecule has 0 aliphatic rings. The number of benzene rings is 1. The maximum absolute atomic E-state index is 10.7. The van der Waals surface area contributed by atoms with Gasteiger partial charge in [0, 0.05) is 29.3 Å². The van der Waals surface area contributed by atoms with Crippen LogP contribution in [0.5, 0.6) is 0 Å². The molecule has 1 atom stereocenters. The van der Waals surface area contributed by atoms with E-state index < -0.39 is 6.03 Å². The van der Waals surface area contributed by atoms with E-state index >= 15 is 0 Å². The Morgan fingerprint density at radius 3 is 2.65 bits per heavy atom. The first-order valence-corrected chi connectivity index (χ1v) is 7.17. The van der Waals surface area contributed by atoms with Crippen LogP contribution in [0.25, 0.3) is 0 Å². The Bertz CT molecular complexity index is 579. The number of nitrogens with one attached hydrogen (secondary N) is 2. The zero-order valence-corrected chi connectivity index (χ0v) is 12.3. The number of hydrogen-bond acceptors (Lipinski definition) is 4. The number of nitrogens with zero attached hydrogens (tertiary/aromatic N) is 1. The van der Waals surface area contributed by atoms with Gasteiger partial charge in [-0.1, -0.05) is 12.1 Å². The van der Waals surface area contributed by atoms with Crippen molar-refractivity contribution < 1.29 is 4.79 Å². The molecule has 0 aliphatic heterocycles. The number of aromatic nitrogens is 1. The molecule has 1 aromatic heterocycles. The van der Waals surface area contributed by atoms with Crippen molar-refractivity contribution >= 4 is 23.1 Å². The van der Waals surface area contributed by atoms with Crippen molar-refractivity contribution in [2.45, 2.75) is 26.4 Å². The molecule has 2 rings (SSSR count). The van der Waals surface area contributed by atoms with Crippen LogP contribution in [0.4, 0.5) is 10.5 Å². The number of nitrogens with two attached hydrogens (primary N) is 1. The van der Waals surface area contributed by atoms with E-state index in [1.165, 1.54) is 4.88 Å². The lowest BCUT2D eigenvalue weighted by molar-refractivity contribution is 0.259. The number of carbonyl (C=O) groups is 1. The summed E-state index contributed by atoms with van der Waals surface area (Å²) in [7, 11) is 0. The van der Waals surface area contributed by atoms with Crippen molar-refractivity contribution in [2.24, 2.45) is 5.73 Å². The fraction of sp³-hybridized carbons (Fsp3) is 0.286. The molecule has 2 amide bonds. The van der Waals surface area contributed by atoms with E-state index in [1.807, 2.05) is 30.5 Å². The van der Waals surface area contributed by atoms with Gasteiger partial charge in [0.15, 0.2) is 0 Å². The molecule has 4 N–H and O–H groups in total. The van der Waals surface area contributed by atoms with E-state index in [1.54, 1.807) is 11.3 Å². The molecule has 0 saturated heterocycles. The Kier molecular flexibility index (Phi) is 4.70. The zero-order chi connectivity index (χ0) is 14.5. The van der Waals surface area contributed by atoms with E-state index in [2.05, 4.69) is 29.5 Å². The summed E-state index contributed by atoms with van der Waals surface area (Å²) in [4.78, 5) is 16.3. The topological polar surface area (TPSA) is 80.0 Å². The highest BCUT2D eigenvalue weighted by molar-refractivity contribution is 7.11. The first-order chi connectivity index (χ1) is 9.54. The summed E-state index contributed by atoms with van der Waals surface area (Å²) >= 11 is 1.70. The molecule has 0 fully saturated rings. The highest BCUT2D eigenvalue weighted by Gasteiger charge is 2.06. The predicted octanol–water partition coefficient (Wildman–Crippen LogP) is 2.79. The van der Waals surface area contributed by atoms with Crippen LogP contribution in [0, 0.1) is 6.92 Å². The minimum Gasteiger partial charge on any atom is -0.351 e. The summed E-state index contributed by atoms with van der Waals surface area (Å²) in [6.07, 6.45) is 1.89. The van der Waals surface area contributed by atoms with Crippen molar-refractivity contribution in [1.29, 1.82) is 0 Å². The van der Waals surface area contributed by atoms with E-state index in [0.29, 0.717) is 5.69 Å². The van der Waals surface area contributed by atoms with Crippen molar-refractivity contribution in [3.05, 3.63) is 45.9 Å². The van der Waals surface area contributed by atoms with Gasteiger partial charge in [-0.2, -0.15) is 0 Å². The normalized spacial score (nSPS) is 12.1. The van der Waals surface area contributed by atoms with Gasteiger partial charge in [0.2, 0.25) is 0 Å². The van der Waals surface area contributed by atoms with Crippen LogP contribution in [0.1, 0.15) is 28.4 Å².